The van der Waals surface area contributed by atoms with Crippen LogP contribution in [0.15, 0.2) is 59.5 Å². The van der Waals surface area contributed by atoms with Gasteiger partial charge in [-0.3, -0.25) is 9.52 Å². The van der Waals surface area contributed by atoms with Crippen molar-refractivity contribution in [1.29, 1.82) is 0 Å². The van der Waals surface area contributed by atoms with Crippen molar-refractivity contribution in [3.05, 3.63) is 60.2 Å². The van der Waals surface area contributed by atoms with Gasteiger partial charge in [-0.05, 0) is 50.2 Å². The largest absolute Gasteiger partial charge is 0.339 e. The molecule has 1 fully saturated rings. The molecule has 1 amide bonds. The molecule has 146 valence electrons. The predicted molar refractivity (Wildman–Crippen MR) is 109 cm³/mol. The van der Waals surface area contributed by atoms with Gasteiger partial charge in [-0.25, -0.2) is 8.42 Å². The molecule has 3 rings (SSSR count). The molecular formula is C19H24ClN3O3S. The number of hydrogen-bond acceptors (Lipinski definition) is 4. The van der Waals surface area contributed by atoms with Gasteiger partial charge in [0, 0.05) is 30.4 Å². The third kappa shape index (κ3) is 5.22. The van der Waals surface area contributed by atoms with E-state index in [1.54, 1.807) is 42.5 Å². The molecule has 2 N–H and O–H groups in total. The molecule has 0 spiro atoms. The van der Waals surface area contributed by atoms with Crippen molar-refractivity contribution in [2.45, 2.75) is 23.8 Å². The first kappa shape index (κ1) is 21.2. The van der Waals surface area contributed by atoms with E-state index in [1.807, 2.05) is 11.9 Å². The van der Waals surface area contributed by atoms with Gasteiger partial charge in [0.1, 0.15) is 0 Å². The van der Waals surface area contributed by atoms with Crippen LogP contribution >= 0.6 is 12.4 Å². The molecule has 2 aromatic carbocycles. The minimum atomic E-state index is -3.67. The van der Waals surface area contributed by atoms with Crippen molar-refractivity contribution in [3.63, 3.8) is 0 Å². The first-order valence-electron chi connectivity index (χ1n) is 8.64. The van der Waals surface area contributed by atoms with Gasteiger partial charge in [-0.2, -0.15) is 0 Å². The lowest BCUT2D eigenvalue weighted by atomic mass is 10.0. The maximum Gasteiger partial charge on any atom is 0.261 e. The molecule has 0 radical (unpaired) electrons. The molecule has 0 atom stereocenters. The van der Waals surface area contributed by atoms with Crippen molar-refractivity contribution in [1.82, 2.24) is 10.2 Å². The SMILES string of the molecule is CNC1CCN(C(=O)c2cccc(NS(=O)(=O)c3ccccc3)c2)CC1.Cl. The molecule has 0 saturated carbocycles. The molecule has 1 heterocycles. The molecule has 2 aromatic rings. The van der Waals surface area contributed by atoms with E-state index in [2.05, 4.69) is 10.0 Å². The summed E-state index contributed by atoms with van der Waals surface area (Å²) in [5.74, 6) is -0.0692. The fourth-order valence-electron chi connectivity index (χ4n) is 3.08. The number of sulfonamides is 1. The normalized spacial score (nSPS) is 15.1. The Balaban J connectivity index is 0.00000261. The number of benzene rings is 2. The summed E-state index contributed by atoms with van der Waals surface area (Å²) in [4.78, 5) is 14.7. The number of halogens is 1. The van der Waals surface area contributed by atoms with E-state index in [0.29, 0.717) is 30.4 Å². The van der Waals surface area contributed by atoms with Gasteiger partial charge in [0.15, 0.2) is 0 Å². The molecule has 8 heteroatoms. The summed E-state index contributed by atoms with van der Waals surface area (Å²) in [5, 5.41) is 3.24. The molecule has 0 aromatic heterocycles. The van der Waals surface area contributed by atoms with E-state index in [4.69, 9.17) is 0 Å². The maximum atomic E-state index is 12.7. The zero-order valence-electron chi connectivity index (χ0n) is 15.1. The van der Waals surface area contributed by atoms with Crippen LogP contribution in [0.4, 0.5) is 5.69 Å². The third-order valence-corrected chi connectivity index (χ3v) is 6.00. The van der Waals surface area contributed by atoms with Crippen LogP contribution in [0.1, 0.15) is 23.2 Å². The van der Waals surface area contributed by atoms with Crippen molar-refractivity contribution >= 4 is 34.0 Å². The van der Waals surface area contributed by atoms with Crippen LogP contribution in [-0.4, -0.2) is 45.4 Å². The number of piperidine rings is 1. The van der Waals surface area contributed by atoms with Crippen LogP contribution in [0, 0.1) is 0 Å². The van der Waals surface area contributed by atoms with Gasteiger partial charge >= 0.3 is 0 Å². The minimum Gasteiger partial charge on any atom is -0.339 e. The van der Waals surface area contributed by atoms with Gasteiger partial charge in [-0.15, -0.1) is 12.4 Å². The van der Waals surface area contributed by atoms with E-state index >= 15 is 0 Å². The summed E-state index contributed by atoms with van der Waals surface area (Å²) in [6, 6.07) is 15.2. The van der Waals surface area contributed by atoms with Crippen LogP contribution in [0.2, 0.25) is 0 Å². The van der Waals surface area contributed by atoms with Crippen molar-refractivity contribution < 1.29 is 13.2 Å². The Labute approximate surface area is 166 Å². The predicted octanol–water partition coefficient (Wildman–Crippen LogP) is 2.73. The lowest BCUT2D eigenvalue weighted by Crippen LogP contribution is -2.43. The second kappa shape index (κ2) is 9.21. The molecule has 0 unspecified atom stereocenters. The van der Waals surface area contributed by atoms with E-state index in [1.165, 1.54) is 12.1 Å². The first-order valence-corrected chi connectivity index (χ1v) is 10.1. The van der Waals surface area contributed by atoms with Crippen molar-refractivity contribution in [2.75, 3.05) is 24.9 Å². The summed E-state index contributed by atoms with van der Waals surface area (Å²) in [7, 11) is -1.74. The molecule has 0 aliphatic carbocycles. The van der Waals surface area contributed by atoms with E-state index in [9.17, 15) is 13.2 Å². The van der Waals surface area contributed by atoms with Gasteiger partial charge in [0.2, 0.25) is 0 Å². The summed E-state index contributed by atoms with van der Waals surface area (Å²) in [5.41, 5.74) is 0.867. The van der Waals surface area contributed by atoms with Crippen molar-refractivity contribution in [2.24, 2.45) is 0 Å². The second-order valence-electron chi connectivity index (χ2n) is 6.35. The smallest absolute Gasteiger partial charge is 0.261 e. The lowest BCUT2D eigenvalue weighted by molar-refractivity contribution is 0.0707. The average Bonchev–Trinajstić information content (AvgIpc) is 2.68. The number of nitrogens with zero attached hydrogens (tertiary/aromatic N) is 1. The molecule has 1 aliphatic rings. The lowest BCUT2D eigenvalue weighted by Gasteiger charge is -2.32. The van der Waals surface area contributed by atoms with Crippen LogP contribution in [0.3, 0.4) is 0 Å². The zero-order valence-corrected chi connectivity index (χ0v) is 16.7. The fourth-order valence-corrected chi connectivity index (χ4v) is 4.15. The Bertz CT molecular complexity index is 867. The zero-order chi connectivity index (χ0) is 18.6. The topological polar surface area (TPSA) is 78.5 Å². The highest BCUT2D eigenvalue weighted by Crippen LogP contribution is 2.19. The summed E-state index contributed by atoms with van der Waals surface area (Å²) in [6.07, 6.45) is 1.84. The van der Waals surface area contributed by atoms with E-state index < -0.39 is 10.0 Å². The highest BCUT2D eigenvalue weighted by Gasteiger charge is 2.23. The Morgan fingerprint density at radius 1 is 1.04 bits per heavy atom. The number of amides is 1. The van der Waals surface area contributed by atoms with Gasteiger partial charge in [-0.1, -0.05) is 24.3 Å². The summed E-state index contributed by atoms with van der Waals surface area (Å²) < 4.78 is 27.4. The number of rotatable bonds is 5. The monoisotopic (exact) mass is 409 g/mol. The molecule has 0 bridgehead atoms. The van der Waals surface area contributed by atoms with E-state index in [0.717, 1.165) is 12.8 Å². The van der Waals surface area contributed by atoms with Gasteiger partial charge in [0.05, 0.1) is 4.90 Å². The van der Waals surface area contributed by atoms with Crippen LogP contribution in [0.5, 0.6) is 0 Å². The van der Waals surface area contributed by atoms with E-state index in [-0.39, 0.29) is 23.2 Å². The summed E-state index contributed by atoms with van der Waals surface area (Å²) in [6.45, 7) is 1.40. The Kier molecular flexibility index (Phi) is 7.24. The summed E-state index contributed by atoms with van der Waals surface area (Å²) >= 11 is 0. The highest BCUT2D eigenvalue weighted by molar-refractivity contribution is 7.92. The first-order chi connectivity index (χ1) is 12.5. The van der Waals surface area contributed by atoms with Gasteiger partial charge < -0.3 is 10.2 Å². The number of anilines is 1. The third-order valence-electron chi connectivity index (χ3n) is 4.61. The second-order valence-corrected chi connectivity index (χ2v) is 8.04. The number of likely N-dealkylation sites (tertiary alicyclic amines) is 1. The standard InChI is InChI=1S/C19H23N3O3S.ClH/c1-20-16-10-12-22(13-11-16)19(23)15-6-5-7-17(14-15)21-26(24,25)18-8-3-2-4-9-18;/h2-9,14,16,20-21H,10-13H2,1H3;1H. The van der Waals surface area contributed by atoms with Crippen LogP contribution in [0.25, 0.3) is 0 Å². The number of carbonyl (C=O) groups is 1. The van der Waals surface area contributed by atoms with Gasteiger partial charge in [0.25, 0.3) is 15.9 Å². The number of nitrogens with one attached hydrogen (secondary N) is 2. The average molecular weight is 410 g/mol. The highest BCUT2D eigenvalue weighted by atomic mass is 35.5. The van der Waals surface area contributed by atoms with Crippen molar-refractivity contribution in [3.8, 4) is 0 Å². The molecule has 1 aliphatic heterocycles. The number of hydrogen-bond donors (Lipinski definition) is 2. The quantitative estimate of drug-likeness (QED) is 0.795. The maximum absolute atomic E-state index is 12.7. The Morgan fingerprint density at radius 2 is 1.70 bits per heavy atom. The minimum absolute atomic E-state index is 0. The number of carbonyl (C=O) groups excluding carboxylic acids is 1. The van der Waals surface area contributed by atoms with Crippen LogP contribution in [-0.2, 0) is 10.0 Å². The fraction of sp³-hybridized carbons (Fsp3) is 0.316. The molecular weight excluding hydrogens is 386 g/mol. The molecule has 1 saturated heterocycles. The molecule has 6 nitrogen and oxygen atoms in total. The Morgan fingerprint density at radius 3 is 2.33 bits per heavy atom. The molecule has 27 heavy (non-hydrogen) atoms. The Hall–Kier alpha value is -2.09. The van der Waals surface area contributed by atoms with Crippen LogP contribution < -0.4 is 10.0 Å².